The normalized spacial score (nSPS) is 17.3. The van der Waals surface area contributed by atoms with E-state index >= 15 is 0 Å². The maximum atomic E-state index is 10.2. The minimum atomic E-state index is 0.480. The first-order chi connectivity index (χ1) is 10.7. The molecule has 114 valence electrons. The van der Waals surface area contributed by atoms with Crippen LogP contribution in [0.2, 0.25) is 0 Å². The third-order valence-corrected chi connectivity index (χ3v) is 3.25. The Labute approximate surface area is 129 Å². The Morgan fingerprint density at radius 2 is 2.14 bits per heavy atom. The van der Waals surface area contributed by atoms with Crippen molar-refractivity contribution in [2.45, 2.75) is 20.4 Å². The van der Waals surface area contributed by atoms with Gasteiger partial charge in [-0.15, -0.1) is 4.91 Å². The van der Waals surface area contributed by atoms with E-state index in [1.165, 1.54) is 0 Å². The van der Waals surface area contributed by atoms with E-state index in [0.29, 0.717) is 12.2 Å². The lowest BCUT2D eigenvalue weighted by Gasteiger charge is -2.16. The summed E-state index contributed by atoms with van der Waals surface area (Å²) in [4.78, 5) is 21.1. The van der Waals surface area contributed by atoms with Gasteiger partial charge in [-0.1, -0.05) is 36.9 Å². The van der Waals surface area contributed by atoms with E-state index in [1.54, 1.807) is 6.34 Å². The van der Waals surface area contributed by atoms with E-state index in [0.717, 1.165) is 29.2 Å². The molecule has 1 aromatic rings. The van der Waals surface area contributed by atoms with Crippen molar-refractivity contribution in [3.63, 3.8) is 0 Å². The van der Waals surface area contributed by atoms with Gasteiger partial charge in [-0.2, -0.15) is 0 Å². The highest BCUT2D eigenvalue weighted by molar-refractivity contribution is 6.08. The molecule has 6 heteroatoms. The van der Waals surface area contributed by atoms with E-state index in [1.807, 2.05) is 49.1 Å². The zero-order valence-electron chi connectivity index (χ0n) is 12.8. The number of amidine groups is 1. The van der Waals surface area contributed by atoms with Crippen molar-refractivity contribution in [2.24, 2.45) is 15.3 Å². The van der Waals surface area contributed by atoms with Gasteiger partial charge < -0.3 is 4.90 Å². The number of nitrogens with one attached hydrogen (secondary N) is 1. The summed E-state index contributed by atoms with van der Waals surface area (Å²) in [6.45, 7) is 9.11. The number of aliphatic imine (C=N–C) groups is 2. The minimum absolute atomic E-state index is 0.480. The summed E-state index contributed by atoms with van der Waals surface area (Å²) in [5.74, 6) is 0.894. The summed E-state index contributed by atoms with van der Waals surface area (Å²) in [7, 11) is 0. The molecule has 0 fully saturated rings. The lowest BCUT2D eigenvalue weighted by molar-refractivity contribution is 0.630. The van der Waals surface area contributed by atoms with Crippen LogP contribution in [0.1, 0.15) is 25.0 Å². The average Bonchev–Trinajstić information content (AvgIpc) is 2.91. The van der Waals surface area contributed by atoms with Crippen molar-refractivity contribution in [3.8, 4) is 0 Å². The lowest BCUT2D eigenvalue weighted by atomic mass is 10.1. The molecule has 1 heterocycles. The predicted molar refractivity (Wildman–Crippen MR) is 90.2 cm³/mol. The van der Waals surface area contributed by atoms with Crippen molar-refractivity contribution < 1.29 is 0 Å². The van der Waals surface area contributed by atoms with Crippen LogP contribution in [-0.2, 0) is 6.54 Å². The Kier molecular flexibility index (Phi) is 5.19. The molecular weight excluding hydrogens is 278 g/mol. The van der Waals surface area contributed by atoms with Crippen LogP contribution in [-0.4, -0.2) is 23.6 Å². The second-order valence-electron chi connectivity index (χ2n) is 4.72. The smallest absolute Gasteiger partial charge is 0.155 e. The molecule has 0 saturated heterocycles. The maximum Gasteiger partial charge on any atom is 0.155 e. The molecule has 0 spiro atoms. The van der Waals surface area contributed by atoms with Gasteiger partial charge in [-0.05, 0) is 25.0 Å². The Morgan fingerprint density at radius 1 is 1.41 bits per heavy atom. The third kappa shape index (κ3) is 3.46. The number of rotatable bonds is 6. The van der Waals surface area contributed by atoms with Gasteiger partial charge in [-0.3, -0.25) is 4.99 Å². The molecule has 0 amide bonds. The molecule has 0 aromatic heterocycles. The maximum absolute atomic E-state index is 10.2. The molecule has 0 atom stereocenters. The fraction of sp³-hybridized carbons (Fsp3) is 0.250. The van der Waals surface area contributed by atoms with Gasteiger partial charge in [0.05, 0.1) is 23.9 Å². The molecule has 1 N–H and O–H groups in total. The van der Waals surface area contributed by atoms with Crippen LogP contribution < -0.4 is 5.43 Å². The fourth-order valence-electron chi connectivity index (χ4n) is 2.16. The lowest BCUT2D eigenvalue weighted by Crippen LogP contribution is -2.25. The van der Waals surface area contributed by atoms with E-state index in [-0.39, 0.29) is 0 Å². The molecule has 0 unspecified atom stereocenters. The Morgan fingerprint density at radius 3 is 2.73 bits per heavy atom. The van der Waals surface area contributed by atoms with Gasteiger partial charge in [0.2, 0.25) is 0 Å². The SMILES string of the molecule is C=C(NN=O)c1ccc(CN2C=N/C(=C/C)C2=NCC)cc1. The number of nitroso groups, excluding NO2 is 1. The highest BCUT2D eigenvalue weighted by Gasteiger charge is 2.19. The summed E-state index contributed by atoms with van der Waals surface area (Å²) in [6, 6.07) is 7.77. The van der Waals surface area contributed by atoms with Crippen molar-refractivity contribution in [2.75, 3.05) is 6.54 Å². The highest BCUT2D eigenvalue weighted by atomic mass is 16.3. The third-order valence-electron chi connectivity index (χ3n) is 3.25. The summed E-state index contributed by atoms with van der Waals surface area (Å²) in [5, 5.41) is 2.62. The Bertz CT molecular complexity index is 643. The molecule has 22 heavy (non-hydrogen) atoms. The molecule has 2 rings (SSSR count). The van der Waals surface area contributed by atoms with E-state index in [2.05, 4.69) is 27.3 Å². The molecule has 0 aliphatic carbocycles. The second-order valence-corrected chi connectivity index (χ2v) is 4.72. The minimum Gasteiger partial charge on any atom is -0.311 e. The van der Waals surface area contributed by atoms with Crippen molar-refractivity contribution in [1.82, 2.24) is 10.3 Å². The summed E-state index contributed by atoms with van der Waals surface area (Å²) in [6.07, 6.45) is 3.75. The summed E-state index contributed by atoms with van der Waals surface area (Å²) < 4.78 is 0. The van der Waals surface area contributed by atoms with Crippen molar-refractivity contribution >= 4 is 17.9 Å². The van der Waals surface area contributed by atoms with Crippen molar-refractivity contribution in [3.05, 3.63) is 58.7 Å². The number of allylic oxidation sites excluding steroid dienone is 1. The molecule has 1 aliphatic heterocycles. The number of nitrogens with zero attached hydrogens (tertiary/aromatic N) is 4. The number of hydrogen-bond donors (Lipinski definition) is 1. The van der Waals surface area contributed by atoms with Gasteiger partial charge in [0, 0.05) is 6.54 Å². The van der Waals surface area contributed by atoms with Crippen LogP contribution in [0.15, 0.2) is 57.9 Å². The Hall–Kier alpha value is -2.76. The Balaban J connectivity index is 2.11. The molecule has 1 aromatic carbocycles. The van der Waals surface area contributed by atoms with Gasteiger partial charge in [0.15, 0.2) is 5.84 Å². The molecule has 0 bridgehead atoms. The first-order valence-electron chi connectivity index (χ1n) is 7.08. The fourth-order valence-corrected chi connectivity index (χ4v) is 2.16. The zero-order valence-corrected chi connectivity index (χ0v) is 12.8. The van der Waals surface area contributed by atoms with Crippen molar-refractivity contribution in [1.29, 1.82) is 0 Å². The van der Waals surface area contributed by atoms with Crippen LogP contribution in [0.3, 0.4) is 0 Å². The van der Waals surface area contributed by atoms with Gasteiger partial charge >= 0.3 is 0 Å². The van der Waals surface area contributed by atoms with Crippen LogP contribution in [0, 0.1) is 4.91 Å². The largest absolute Gasteiger partial charge is 0.311 e. The molecule has 0 radical (unpaired) electrons. The number of benzene rings is 1. The van der Waals surface area contributed by atoms with E-state index < -0.39 is 0 Å². The zero-order chi connectivity index (χ0) is 15.9. The van der Waals surface area contributed by atoms with Crippen LogP contribution in [0.25, 0.3) is 5.70 Å². The standard InChI is InChI=1S/C16H19N5O/c1-4-15-16(17-5-2)21(11-18-15)10-13-6-8-14(9-7-13)12(3)19-20-22/h4,6-9,11H,3,5,10H2,1-2H3,(H,19,22)/b15-4+,17-16?. The summed E-state index contributed by atoms with van der Waals surface area (Å²) >= 11 is 0. The summed E-state index contributed by atoms with van der Waals surface area (Å²) in [5.41, 5.74) is 5.63. The quantitative estimate of drug-likeness (QED) is 0.648. The van der Waals surface area contributed by atoms with E-state index in [4.69, 9.17) is 0 Å². The topological polar surface area (TPSA) is 69.4 Å². The van der Waals surface area contributed by atoms with Gasteiger partial charge in [-0.25, -0.2) is 10.4 Å². The highest BCUT2D eigenvalue weighted by Crippen LogP contribution is 2.17. The first-order valence-corrected chi connectivity index (χ1v) is 7.08. The number of hydrogen-bond acceptors (Lipinski definition) is 4. The van der Waals surface area contributed by atoms with E-state index in [9.17, 15) is 4.91 Å². The monoisotopic (exact) mass is 297 g/mol. The first kappa shape index (κ1) is 15.6. The predicted octanol–water partition coefficient (Wildman–Crippen LogP) is 3.09. The van der Waals surface area contributed by atoms with Gasteiger partial charge in [0.1, 0.15) is 5.70 Å². The molecule has 0 saturated carbocycles. The van der Waals surface area contributed by atoms with Gasteiger partial charge in [0.25, 0.3) is 0 Å². The van der Waals surface area contributed by atoms with Crippen LogP contribution >= 0.6 is 0 Å². The molecule has 6 nitrogen and oxygen atoms in total. The molecule has 1 aliphatic rings. The van der Waals surface area contributed by atoms with Crippen LogP contribution in [0.4, 0.5) is 0 Å². The second kappa shape index (κ2) is 7.31. The molecular formula is C16H19N5O. The van der Waals surface area contributed by atoms with Crippen LogP contribution in [0.5, 0.6) is 0 Å². The average molecular weight is 297 g/mol.